The SMILES string of the molecule is Cc1ccc(C(=O)C2=C(O)C(=O)N(c3nnc(SCc4ccccc4F)s3)[C@@H]2c2cccnc2)o1. The lowest BCUT2D eigenvalue weighted by Crippen LogP contribution is -2.31. The van der Waals surface area contributed by atoms with Crippen molar-refractivity contribution in [3.63, 3.8) is 0 Å². The Hall–Kier alpha value is -3.83. The molecule has 0 radical (unpaired) electrons. The molecule has 1 N–H and O–H groups in total. The maximum absolute atomic E-state index is 14.0. The van der Waals surface area contributed by atoms with Crippen molar-refractivity contribution in [2.75, 3.05) is 4.90 Å². The first kappa shape index (κ1) is 22.9. The average molecular weight is 509 g/mol. The minimum absolute atomic E-state index is 0.00554. The third kappa shape index (κ3) is 4.35. The second-order valence-corrected chi connectivity index (χ2v) is 9.77. The molecule has 8 nitrogen and oxygen atoms in total. The summed E-state index contributed by atoms with van der Waals surface area (Å²) in [6, 6.07) is 11.9. The molecule has 4 aromatic rings. The Kier molecular flexibility index (Phi) is 6.18. The number of aliphatic hydroxyl groups is 1. The van der Waals surface area contributed by atoms with Gasteiger partial charge in [0.2, 0.25) is 10.9 Å². The number of hydrogen-bond donors (Lipinski definition) is 1. The van der Waals surface area contributed by atoms with Crippen LogP contribution in [0.4, 0.5) is 9.52 Å². The molecule has 1 amide bonds. The lowest BCUT2D eigenvalue weighted by Gasteiger charge is -2.23. The Labute approximate surface area is 207 Å². The van der Waals surface area contributed by atoms with Gasteiger partial charge >= 0.3 is 0 Å². The van der Waals surface area contributed by atoms with Gasteiger partial charge < -0.3 is 9.52 Å². The summed E-state index contributed by atoms with van der Waals surface area (Å²) >= 11 is 2.37. The van der Waals surface area contributed by atoms with Crippen molar-refractivity contribution in [2.24, 2.45) is 0 Å². The summed E-state index contributed by atoms with van der Waals surface area (Å²) in [4.78, 5) is 31.8. The highest BCUT2D eigenvalue weighted by molar-refractivity contribution is 8.00. The number of amides is 1. The molecular weight excluding hydrogens is 491 g/mol. The third-order valence-electron chi connectivity index (χ3n) is 5.33. The molecule has 0 unspecified atom stereocenters. The second-order valence-electron chi connectivity index (χ2n) is 7.60. The fraction of sp³-hybridized carbons (Fsp3) is 0.125. The number of anilines is 1. The van der Waals surface area contributed by atoms with Gasteiger partial charge in [0.05, 0.1) is 11.6 Å². The molecule has 0 saturated carbocycles. The molecule has 1 atom stereocenters. The predicted octanol–water partition coefficient (Wildman–Crippen LogP) is 5.05. The van der Waals surface area contributed by atoms with Crippen molar-refractivity contribution in [3.05, 3.63) is 101 Å². The van der Waals surface area contributed by atoms with E-state index in [2.05, 4.69) is 15.2 Å². The highest BCUT2D eigenvalue weighted by Crippen LogP contribution is 2.43. The normalized spacial score (nSPS) is 15.8. The van der Waals surface area contributed by atoms with Crippen LogP contribution in [0.1, 0.15) is 33.5 Å². The van der Waals surface area contributed by atoms with Gasteiger partial charge in [-0.15, -0.1) is 10.2 Å². The quantitative estimate of drug-likeness (QED) is 0.210. The van der Waals surface area contributed by atoms with E-state index in [1.165, 1.54) is 35.0 Å². The number of thioether (sulfide) groups is 1. The largest absolute Gasteiger partial charge is 0.503 e. The highest BCUT2D eigenvalue weighted by Gasteiger charge is 2.46. The van der Waals surface area contributed by atoms with Gasteiger partial charge in [0.15, 0.2) is 15.9 Å². The molecule has 11 heteroatoms. The summed E-state index contributed by atoms with van der Waals surface area (Å²) in [6.07, 6.45) is 3.08. The van der Waals surface area contributed by atoms with Crippen LogP contribution < -0.4 is 4.90 Å². The number of aliphatic hydroxyl groups excluding tert-OH is 1. The Morgan fingerprint density at radius 2 is 2.03 bits per heavy atom. The number of carbonyl (C=O) groups is 2. The van der Waals surface area contributed by atoms with Crippen LogP contribution >= 0.6 is 23.1 Å². The Balaban J connectivity index is 1.48. The number of nitrogens with zero attached hydrogens (tertiary/aromatic N) is 4. The summed E-state index contributed by atoms with van der Waals surface area (Å²) < 4.78 is 19.9. The second kappa shape index (κ2) is 9.43. The molecular formula is C24H17FN4O4S2. The van der Waals surface area contributed by atoms with E-state index in [1.807, 2.05) is 0 Å². The van der Waals surface area contributed by atoms with Crippen molar-refractivity contribution in [1.82, 2.24) is 15.2 Å². The van der Waals surface area contributed by atoms with E-state index in [1.54, 1.807) is 49.5 Å². The van der Waals surface area contributed by atoms with E-state index in [9.17, 15) is 19.1 Å². The third-order valence-corrected chi connectivity index (χ3v) is 7.43. The van der Waals surface area contributed by atoms with Gasteiger partial charge in [-0.25, -0.2) is 4.39 Å². The number of carbonyl (C=O) groups excluding carboxylic acids is 2. The number of benzene rings is 1. The molecule has 4 heterocycles. The number of hydrogen-bond acceptors (Lipinski definition) is 9. The summed E-state index contributed by atoms with van der Waals surface area (Å²) in [5, 5.41) is 19.2. The zero-order valence-electron chi connectivity index (χ0n) is 18.2. The number of furan rings is 1. The Bertz CT molecular complexity index is 1450. The number of pyridine rings is 1. The summed E-state index contributed by atoms with van der Waals surface area (Å²) in [5.41, 5.74) is 0.890. The molecule has 1 aromatic carbocycles. The van der Waals surface area contributed by atoms with Gasteiger partial charge in [-0.2, -0.15) is 0 Å². The average Bonchev–Trinajstić information content (AvgIpc) is 3.57. The van der Waals surface area contributed by atoms with E-state index < -0.39 is 23.5 Å². The van der Waals surface area contributed by atoms with Gasteiger partial charge in [-0.05, 0) is 42.3 Å². The van der Waals surface area contributed by atoms with E-state index in [4.69, 9.17) is 4.42 Å². The first-order valence-corrected chi connectivity index (χ1v) is 12.2. The maximum Gasteiger partial charge on any atom is 0.296 e. The number of halogens is 1. The Morgan fingerprint density at radius 3 is 2.74 bits per heavy atom. The molecule has 0 saturated heterocycles. The van der Waals surface area contributed by atoms with E-state index in [-0.39, 0.29) is 22.3 Å². The number of ketones is 1. The standard InChI is InChI=1S/C24H17FN4O4S2/c1-13-8-9-17(33-13)20(30)18-19(14-6-4-10-26-11-14)29(22(32)21(18)31)23-27-28-24(35-23)34-12-15-5-2-3-7-16(15)25/h2-11,19,31H,12H2,1H3/t19-/m1/s1. The van der Waals surface area contributed by atoms with Gasteiger partial charge in [0.25, 0.3) is 5.91 Å². The Morgan fingerprint density at radius 1 is 1.20 bits per heavy atom. The molecule has 3 aromatic heterocycles. The summed E-state index contributed by atoms with van der Waals surface area (Å²) in [6.45, 7) is 1.69. The van der Waals surface area contributed by atoms with Crippen LogP contribution in [0, 0.1) is 12.7 Å². The molecule has 0 aliphatic carbocycles. The number of aromatic nitrogens is 3. The molecule has 35 heavy (non-hydrogen) atoms. The van der Waals surface area contributed by atoms with Crippen LogP contribution in [0.15, 0.2) is 81.0 Å². The fourth-order valence-electron chi connectivity index (χ4n) is 3.69. The minimum Gasteiger partial charge on any atom is -0.503 e. The number of rotatable bonds is 7. The van der Waals surface area contributed by atoms with Crippen molar-refractivity contribution in [1.29, 1.82) is 0 Å². The molecule has 1 aliphatic heterocycles. The predicted molar refractivity (Wildman–Crippen MR) is 128 cm³/mol. The van der Waals surface area contributed by atoms with Crippen LogP contribution in [0.3, 0.4) is 0 Å². The van der Waals surface area contributed by atoms with Crippen LogP contribution in [-0.2, 0) is 10.5 Å². The molecule has 1 aliphatic rings. The smallest absolute Gasteiger partial charge is 0.296 e. The molecule has 176 valence electrons. The first-order valence-electron chi connectivity index (χ1n) is 10.4. The zero-order chi connectivity index (χ0) is 24.5. The van der Waals surface area contributed by atoms with Crippen molar-refractivity contribution in [2.45, 2.75) is 23.1 Å². The van der Waals surface area contributed by atoms with E-state index in [0.29, 0.717) is 27.0 Å². The molecule has 0 fully saturated rings. The monoisotopic (exact) mass is 508 g/mol. The van der Waals surface area contributed by atoms with Crippen molar-refractivity contribution < 1.29 is 23.5 Å². The molecule has 5 rings (SSSR count). The first-order chi connectivity index (χ1) is 16.9. The maximum atomic E-state index is 14.0. The summed E-state index contributed by atoms with van der Waals surface area (Å²) in [7, 11) is 0. The van der Waals surface area contributed by atoms with Crippen molar-refractivity contribution >= 4 is 39.9 Å². The van der Waals surface area contributed by atoms with Gasteiger partial charge in [0.1, 0.15) is 11.6 Å². The topological polar surface area (TPSA) is 109 Å². The number of aryl methyl sites for hydroxylation is 1. The van der Waals surface area contributed by atoms with Gasteiger partial charge in [-0.3, -0.25) is 19.5 Å². The zero-order valence-corrected chi connectivity index (χ0v) is 19.8. The van der Waals surface area contributed by atoms with Crippen LogP contribution in [0.25, 0.3) is 0 Å². The van der Waals surface area contributed by atoms with Crippen LogP contribution in [-0.4, -0.2) is 32.0 Å². The van der Waals surface area contributed by atoms with Gasteiger partial charge in [0, 0.05) is 18.1 Å². The molecule has 0 bridgehead atoms. The van der Waals surface area contributed by atoms with Crippen LogP contribution in [0.5, 0.6) is 0 Å². The highest BCUT2D eigenvalue weighted by atomic mass is 32.2. The lowest BCUT2D eigenvalue weighted by atomic mass is 9.96. The number of Topliss-reactive ketones (excluding diaryl/α,β-unsaturated/α-hetero) is 1. The minimum atomic E-state index is -0.980. The fourth-order valence-corrected chi connectivity index (χ4v) is 5.54. The van der Waals surface area contributed by atoms with E-state index >= 15 is 0 Å². The van der Waals surface area contributed by atoms with Gasteiger partial charge in [-0.1, -0.05) is 47.4 Å². The van der Waals surface area contributed by atoms with E-state index in [0.717, 1.165) is 11.3 Å². The van der Waals surface area contributed by atoms with Crippen molar-refractivity contribution in [3.8, 4) is 0 Å². The summed E-state index contributed by atoms with van der Waals surface area (Å²) in [5.74, 6) is -1.55. The molecule has 0 spiro atoms. The van der Waals surface area contributed by atoms with Crippen LogP contribution in [0.2, 0.25) is 0 Å². The lowest BCUT2D eigenvalue weighted by molar-refractivity contribution is -0.117.